The number of para-hydroxylation sites is 2. The number of ether oxygens (including phenoxy) is 1. The van der Waals surface area contributed by atoms with Crippen LogP contribution in [0.25, 0.3) is 10.9 Å². The molecule has 2 aromatic heterocycles. The molecule has 4 heterocycles. The number of carbonyl (C=O) groups is 1. The first-order valence-corrected chi connectivity index (χ1v) is 12.3. The Balaban J connectivity index is 1.30. The maximum absolute atomic E-state index is 12.7. The molecule has 9 nitrogen and oxygen atoms in total. The smallest absolute Gasteiger partial charge is 0.299 e. The topological polar surface area (TPSA) is 101 Å². The van der Waals surface area contributed by atoms with Gasteiger partial charge in [-0.3, -0.25) is 19.1 Å². The second-order valence-electron chi connectivity index (χ2n) is 9.70. The predicted octanol–water partition coefficient (Wildman–Crippen LogP) is 4.52. The van der Waals surface area contributed by atoms with Gasteiger partial charge < -0.3 is 14.4 Å². The minimum absolute atomic E-state index is 0.0369. The van der Waals surface area contributed by atoms with E-state index in [1.165, 1.54) is 7.11 Å². The molecule has 37 heavy (non-hydrogen) atoms. The van der Waals surface area contributed by atoms with Crippen LogP contribution in [0, 0.1) is 5.92 Å². The third kappa shape index (κ3) is 4.11. The van der Waals surface area contributed by atoms with Crippen LogP contribution < -0.4 is 10.3 Å². The van der Waals surface area contributed by atoms with Crippen molar-refractivity contribution in [2.75, 3.05) is 20.2 Å². The number of azo groups is 1. The second-order valence-corrected chi connectivity index (χ2v) is 9.70. The van der Waals surface area contributed by atoms with Crippen molar-refractivity contribution >= 4 is 22.5 Å². The molecule has 0 saturated carbocycles. The van der Waals surface area contributed by atoms with Crippen LogP contribution in [0.4, 0.5) is 5.69 Å². The normalized spacial score (nSPS) is 19.3. The van der Waals surface area contributed by atoms with Gasteiger partial charge in [-0.15, -0.1) is 10.2 Å². The van der Waals surface area contributed by atoms with Gasteiger partial charge in [0.1, 0.15) is 5.75 Å². The second kappa shape index (κ2) is 9.33. The predicted molar refractivity (Wildman–Crippen MR) is 139 cm³/mol. The molecule has 0 unspecified atom stereocenters. The third-order valence-electron chi connectivity index (χ3n) is 7.39. The van der Waals surface area contributed by atoms with Gasteiger partial charge in [-0.2, -0.15) is 0 Å². The highest BCUT2D eigenvalue weighted by molar-refractivity contribution is 5.98. The number of likely N-dealkylation sites (tertiary alicyclic amines) is 1. The zero-order valence-corrected chi connectivity index (χ0v) is 20.4. The molecule has 6 rings (SSSR count). The zero-order valence-electron chi connectivity index (χ0n) is 20.4. The van der Waals surface area contributed by atoms with E-state index in [4.69, 9.17) is 4.74 Å². The number of benzene rings is 2. The van der Waals surface area contributed by atoms with Gasteiger partial charge in [0.15, 0.2) is 5.69 Å². The van der Waals surface area contributed by atoms with E-state index < -0.39 is 5.91 Å². The van der Waals surface area contributed by atoms with Crippen molar-refractivity contribution in [2.24, 2.45) is 16.1 Å². The van der Waals surface area contributed by atoms with Crippen LogP contribution in [0.3, 0.4) is 0 Å². The lowest BCUT2D eigenvalue weighted by Gasteiger charge is -2.42. The Hall–Kier alpha value is -4.24. The van der Waals surface area contributed by atoms with E-state index in [2.05, 4.69) is 15.1 Å². The molecular formula is C28H27N5O4. The van der Waals surface area contributed by atoms with Crippen molar-refractivity contribution in [3.05, 3.63) is 88.3 Å². The SMILES string of the molecule is COc1ccccc1C(=O)N=Nc1c(O)n(CN2C[C@@H]3C[C@@H](C2)c2cccc(=O)n2C3)c2ccccc12. The molecule has 1 N–H and O–H groups in total. The van der Waals surface area contributed by atoms with Crippen LogP contribution in [0.2, 0.25) is 0 Å². The summed E-state index contributed by atoms with van der Waals surface area (Å²) in [6.07, 6.45) is 1.06. The lowest BCUT2D eigenvalue weighted by atomic mass is 9.83. The van der Waals surface area contributed by atoms with Gasteiger partial charge in [0.05, 0.1) is 24.9 Å². The van der Waals surface area contributed by atoms with Crippen molar-refractivity contribution in [3.63, 3.8) is 0 Å². The maximum Gasteiger partial charge on any atom is 0.299 e. The molecule has 2 aliphatic heterocycles. The van der Waals surface area contributed by atoms with Crippen LogP contribution in [-0.2, 0) is 13.2 Å². The molecule has 2 aromatic carbocycles. The van der Waals surface area contributed by atoms with Crippen LogP contribution in [0.1, 0.15) is 28.4 Å². The molecule has 0 aliphatic carbocycles. The third-order valence-corrected chi connectivity index (χ3v) is 7.39. The first kappa shape index (κ1) is 23.2. The Bertz CT molecular complexity index is 1590. The number of aromatic nitrogens is 2. The fraction of sp³-hybridized carbons (Fsp3) is 0.286. The van der Waals surface area contributed by atoms with Gasteiger partial charge in [-0.25, -0.2) is 0 Å². The van der Waals surface area contributed by atoms with E-state index in [9.17, 15) is 14.7 Å². The van der Waals surface area contributed by atoms with Crippen molar-refractivity contribution in [3.8, 4) is 11.6 Å². The summed E-state index contributed by atoms with van der Waals surface area (Å²) in [6, 6.07) is 19.9. The summed E-state index contributed by atoms with van der Waals surface area (Å²) in [5.74, 6) is 0.463. The number of fused-ring (bicyclic) bond motifs is 5. The minimum Gasteiger partial charge on any atom is -0.496 e. The van der Waals surface area contributed by atoms with Gasteiger partial charge >= 0.3 is 0 Å². The Labute approximate surface area is 213 Å². The van der Waals surface area contributed by atoms with Gasteiger partial charge in [-0.1, -0.05) is 36.4 Å². The Morgan fingerprint density at radius 2 is 1.84 bits per heavy atom. The first-order valence-electron chi connectivity index (χ1n) is 12.3. The van der Waals surface area contributed by atoms with Crippen LogP contribution in [0.15, 0.2) is 81.8 Å². The highest BCUT2D eigenvalue weighted by Gasteiger charge is 2.35. The summed E-state index contributed by atoms with van der Waals surface area (Å²) in [5, 5.41) is 20.0. The quantitative estimate of drug-likeness (QED) is 0.409. The van der Waals surface area contributed by atoms with Crippen molar-refractivity contribution in [2.45, 2.75) is 25.6 Å². The lowest BCUT2D eigenvalue weighted by Crippen LogP contribution is -2.47. The number of amides is 1. The van der Waals surface area contributed by atoms with Gasteiger partial charge in [-0.05, 0) is 36.6 Å². The summed E-state index contributed by atoms with van der Waals surface area (Å²) < 4.78 is 8.99. The van der Waals surface area contributed by atoms with Crippen molar-refractivity contribution in [1.82, 2.24) is 14.0 Å². The van der Waals surface area contributed by atoms with E-state index in [1.807, 2.05) is 45.5 Å². The number of carbonyl (C=O) groups excluding carboxylic acids is 1. The molecule has 2 bridgehead atoms. The van der Waals surface area contributed by atoms with Crippen LogP contribution in [0.5, 0.6) is 11.6 Å². The number of hydrogen-bond donors (Lipinski definition) is 1. The summed E-state index contributed by atoms with van der Waals surface area (Å²) in [5.41, 5.74) is 2.52. The largest absolute Gasteiger partial charge is 0.496 e. The molecule has 1 saturated heterocycles. The standard InChI is InChI=1S/C28H27N5O4/c1-37-24-11-5-3-8-21(24)27(35)30-29-26-20-7-2-4-9-23(20)33(28(26)36)17-31-14-18-13-19(16-31)22-10-6-12-25(34)32(22)15-18/h2-12,18-19,36H,13-17H2,1H3/t18-,19-/m0/s1. The average Bonchev–Trinajstić information content (AvgIpc) is 3.18. The molecule has 4 aromatic rings. The Morgan fingerprint density at radius 3 is 2.70 bits per heavy atom. The molecule has 0 spiro atoms. The summed E-state index contributed by atoms with van der Waals surface area (Å²) in [4.78, 5) is 27.4. The molecule has 9 heteroatoms. The molecule has 0 radical (unpaired) electrons. The Morgan fingerprint density at radius 1 is 1.03 bits per heavy atom. The number of nitrogens with zero attached hydrogens (tertiary/aromatic N) is 5. The van der Waals surface area contributed by atoms with E-state index in [0.717, 1.165) is 30.7 Å². The molecule has 188 valence electrons. The number of rotatable bonds is 5. The number of aromatic hydroxyl groups is 1. The molecule has 2 aliphatic rings. The number of pyridine rings is 1. The van der Waals surface area contributed by atoms with Gasteiger partial charge in [0, 0.05) is 42.7 Å². The molecule has 1 fully saturated rings. The molecular weight excluding hydrogens is 470 g/mol. The minimum atomic E-state index is -0.550. The molecule has 2 atom stereocenters. The average molecular weight is 498 g/mol. The maximum atomic E-state index is 12.7. The van der Waals surface area contributed by atoms with Gasteiger partial charge in [0.25, 0.3) is 11.5 Å². The van der Waals surface area contributed by atoms with Crippen molar-refractivity contribution < 1.29 is 14.6 Å². The summed E-state index contributed by atoms with van der Waals surface area (Å²) >= 11 is 0. The summed E-state index contributed by atoms with van der Waals surface area (Å²) in [6.45, 7) is 2.79. The van der Waals surface area contributed by atoms with Crippen LogP contribution >= 0.6 is 0 Å². The van der Waals surface area contributed by atoms with E-state index in [1.54, 1.807) is 30.3 Å². The number of hydrogen-bond acceptors (Lipinski definition) is 6. The van der Waals surface area contributed by atoms with Crippen molar-refractivity contribution in [1.29, 1.82) is 0 Å². The fourth-order valence-corrected chi connectivity index (χ4v) is 5.80. The number of piperidine rings is 1. The molecule has 1 amide bonds. The lowest BCUT2D eigenvalue weighted by molar-refractivity contribution is 0.0922. The zero-order chi connectivity index (χ0) is 25.5. The highest BCUT2D eigenvalue weighted by atomic mass is 16.5. The van der Waals surface area contributed by atoms with Crippen LogP contribution in [-0.4, -0.2) is 45.2 Å². The van der Waals surface area contributed by atoms with E-state index in [-0.39, 0.29) is 23.0 Å². The van der Waals surface area contributed by atoms with E-state index in [0.29, 0.717) is 35.8 Å². The summed E-state index contributed by atoms with van der Waals surface area (Å²) in [7, 11) is 1.49. The number of methoxy groups -OCH3 is 1. The monoisotopic (exact) mass is 497 g/mol. The van der Waals surface area contributed by atoms with Gasteiger partial charge in [0.2, 0.25) is 5.88 Å². The fourth-order valence-electron chi connectivity index (χ4n) is 5.80. The Kier molecular flexibility index (Phi) is 5.84. The van der Waals surface area contributed by atoms with E-state index >= 15 is 0 Å². The first-order chi connectivity index (χ1) is 18.0. The highest BCUT2D eigenvalue weighted by Crippen LogP contribution is 2.41.